The summed E-state index contributed by atoms with van der Waals surface area (Å²) in [6.07, 6.45) is 3.33. The molecule has 1 atom stereocenters. The van der Waals surface area contributed by atoms with Crippen molar-refractivity contribution in [2.24, 2.45) is 0 Å². The monoisotopic (exact) mass is 319 g/mol. The Morgan fingerprint density at radius 3 is 2.39 bits per heavy atom. The van der Waals surface area contributed by atoms with Crippen molar-refractivity contribution in [3.05, 3.63) is 35.9 Å². The number of hydrogen-bond acceptors (Lipinski definition) is 3. The minimum absolute atomic E-state index is 0.286. The van der Waals surface area contributed by atoms with Gasteiger partial charge in [0.25, 0.3) is 5.91 Å². The van der Waals surface area contributed by atoms with E-state index in [1.807, 2.05) is 30.3 Å². The van der Waals surface area contributed by atoms with Crippen LogP contribution in [0.4, 0.5) is 4.79 Å². The topological polar surface area (TPSA) is 87.3 Å². The molecule has 1 rings (SSSR count). The average molecular weight is 319 g/mol. The summed E-state index contributed by atoms with van der Waals surface area (Å²) < 4.78 is 0. The molecule has 0 heterocycles. The molecule has 1 aromatic rings. The summed E-state index contributed by atoms with van der Waals surface area (Å²) in [5, 5.41) is 7.49. The fraction of sp³-hybridized carbons (Fsp3) is 0.471. The first-order valence-corrected chi connectivity index (χ1v) is 7.92. The second-order valence-corrected chi connectivity index (χ2v) is 5.41. The zero-order valence-corrected chi connectivity index (χ0v) is 13.7. The van der Waals surface area contributed by atoms with E-state index in [1.165, 1.54) is 6.92 Å². The Morgan fingerprint density at radius 1 is 1.09 bits per heavy atom. The number of benzene rings is 1. The molecule has 6 nitrogen and oxygen atoms in total. The van der Waals surface area contributed by atoms with Crippen molar-refractivity contribution in [3.63, 3.8) is 0 Å². The van der Waals surface area contributed by atoms with Gasteiger partial charge in [0.1, 0.15) is 6.04 Å². The molecule has 6 heteroatoms. The van der Waals surface area contributed by atoms with Crippen molar-refractivity contribution < 1.29 is 14.4 Å². The largest absolute Gasteiger partial charge is 0.345 e. The molecule has 0 bridgehead atoms. The number of unbranched alkanes of at least 4 members (excludes halogenated alkanes) is 2. The Balaban J connectivity index is 2.45. The Labute approximate surface area is 137 Å². The molecule has 4 amide bonds. The van der Waals surface area contributed by atoms with Gasteiger partial charge in [-0.15, -0.1) is 0 Å². The van der Waals surface area contributed by atoms with Gasteiger partial charge in [-0.25, -0.2) is 4.79 Å². The van der Waals surface area contributed by atoms with Gasteiger partial charge in [0, 0.05) is 13.5 Å². The quantitative estimate of drug-likeness (QED) is 0.641. The summed E-state index contributed by atoms with van der Waals surface area (Å²) in [7, 11) is 0. The Kier molecular flexibility index (Phi) is 8.42. The predicted octanol–water partition coefficient (Wildman–Crippen LogP) is 2.10. The van der Waals surface area contributed by atoms with Crippen LogP contribution in [0.5, 0.6) is 0 Å². The van der Waals surface area contributed by atoms with E-state index in [0.717, 1.165) is 24.8 Å². The number of urea groups is 1. The van der Waals surface area contributed by atoms with E-state index in [4.69, 9.17) is 0 Å². The molecule has 0 fully saturated rings. The van der Waals surface area contributed by atoms with E-state index in [9.17, 15) is 14.4 Å². The lowest BCUT2D eigenvalue weighted by Gasteiger charge is -2.17. The van der Waals surface area contributed by atoms with Gasteiger partial charge in [-0.2, -0.15) is 0 Å². The summed E-state index contributed by atoms with van der Waals surface area (Å²) in [5.41, 5.74) is 0.941. The van der Waals surface area contributed by atoms with Gasteiger partial charge in [-0.05, 0) is 12.0 Å². The average Bonchev–Trinajstić information content (AvgIpc) is 2.52. The van der Waals surface area contributed by atoms with Gasteiger partial charge in [0.15, 0.2) is 0 Å². The van der Waals surface area contributed by atoms with Crippen LogP contribution >= 0.6 is 0 Å². The maximum absolute atomic E-state index is 12.1. The van der Waals surface area contributed by atoms with Gasteiger partial charge >= 0.3 is 6.03 Å². The van der Waals surface area contributed by atoms with Crippen LogP contribution in [-0.4, -0.2) is 23.9 Å². The fourth-order valence-corrected chi connectivity index (χ4v) is 2.13. The van der Waals surface area contributed by atoms with Crippen LogP contribution in [0.3, 0.4) is 0 Å². The highest BCUT2D eigenvalue weighted by Gasteiger charge is 2.20. The molecule has 0 aliphatic heterocycles. The Hall–Kier alpha value is -2.37. The zero-order chi connectivity index (χ0) is 17.1. The molecule has 126 valence electrons. The number of amides is 4. The van der Waals surface area contributed by atoms with Gasteiger partial charge in [-0.1, -0.05) is 56.5 Å². The SMILES string of the molecule is CCCCC[C@H](NC(C)=O)C(=O)NC(=O)NCc1ccccc1. The third-order valence-electron chi connectivity index (χ3n) is 3.32. The Morgan fingerprint density at radius 2 is 1.78 bits per heavy atom. The van der Waals surface area contributed by atoms with Gasteiger partial charge in [0.2, 0.25) is 5.91 Å². The summed E-state index contributed by atoms with van der Waals surface area (Å²) in [5.74, 6) is -0.770. The summed E-state index contributed by atoms with van der Waals surface area (Å²) in [4.78, 5) is 35.1. The minimum atomic E-state index is -0.679. The first-order valence-electron chi connectivity index (χ1n) is 7.92. The second-order valence-electron chi connectivity index (χ2n) is 5.41. The molecule has 1 aromatic carbocycles. The molecule has 0 saturated heterocycles. The van der Waals surface area contributed by atoms with Crippen molar-refractivity contribution >= 4 is 17.8 Å². The second kappa shape index (κ2) is 10.4. The molecular weight excluding hydrogens is 294 g/mol. The summed E-state index contributed by atoms with van der Waals surface area (Å²) >= 11 is 0. The molecule has 0 saturated carbocycles. The predicted molar refractivity (Wildman–Crippen MR) is 88.6 cm³/mol. The first-order chi connectivity index (χ1) is 11.0. The lowest BCUT2D eigenvalue weighted by Crippen LogP contribution is -2.50. The van der Waals surface area contributed by atoms with E-state index < -0.39 is 18.0 Å². The van der Waals surface area contributed by atoms with E-state index in [0.29, 0.717) is 13.0 Å². The number of carbonyl (C=O) groups is 3. The third kappa shape index (κ3) is 7.99. The van der Waals surface area contributed by atoms with E-state index >= 15 is 0 Å². The highest BCUT2D eigenvalue weighted by atomic mass is 16.2. The van der Waals surface area contributed by atoms with Crippen molar-refractivity contribution in [1.29, 1.82) is 0 Å². The van der Waals surface area contributed by atoms with Gasteiger partial charge < -0.3 is 10.6 Å². The number of hydrogen-bond donors (Lipinski definition) is 3. The number of nitrogens with one attached hydrogen (secondary N) is 3. The van der Waals surface area contributed by atoms with Crippen LogP contribution in [0.1, 0.15) is 45.1 Å². The van der Waals surface area contributed by atoms with Crippen LogP contribution in [0.2, 0.25) is 0 Å². The number of carbonyl (C=O) groups excluding carboxylic acids is 3. The van der Waals surface area contributed by atoms with E-state index in [2.05, 4.69) is 22.9 Å². The molecule has 3 N–H and O–H groups in total. The summed E-state index contributed by atoms with van der Waals surface area (Å²) in [6, 6.07) is 8.16. The first kappa shape index (κ1) is 18.7. The molecule has 0 aromatic heterocycles. The molecule has 0 aliphatic rings. The van der Waals surface area contributed by atoms with Gasteiger partial charge in [0.05, 0.1) is 0 Å². The van der Waals surface area contributed by atoms with Crippen LogP contribution in [-0.2, 0) is 16.1 Å². The van der Waals surface area contributed by atoms with Crippen molar-refractivity contribution in [2.75, 3.05) is 0 Å². The smallest absolute Gasteiger partial charge is 0.321 e. The highest BCUT2D eigenvalue weighted by molar-refractivity contribution is 5.98. The van der Waals surface area contributed by atoms with Crippen LogP contribution in [0, 0.1) is 0 Å². The number of imide groups is 1. The molecule has 0 unspecified atom stereocenters. The lowest BCUT2D eigenvalue weighted by molar-refractivity contribution is -0.127. The molecule has 0 aliphatic carbocycles. The van der Waals surface area contributed by atoms with E-state index in [-0.39, 0.29) is 5.91 Å². The van der Waals surface area contributed by atoms with Crippen LogP contribution in [0.15, 0.2) is 30.3 Å². The maximum Gasteiger partial charge on any atom is 0.321 e. The zero-order valence-electron chi connectivity index (χ0n) is 13.7. The van der Waals surface area contributed by atoms with Crippen LogP contribution in [0.25, 0.3) is 0 Å². The molecule has 23 heavy (non-hydrogen) atoms. The minimum Gasteiger partial charge on any atom is -0.345 e. The summed E-state index contributed by atoms with van der Waals surface area (Å²) in [6.45, 7) is 3.75. The van der Waals surface area contributed by atoms with Crippen LogP contribution < -0.4 is 16.0 Å². The molecule has 0 radical (unpaired) electrons. The van der Waals surface area contributed by atoms with E-state index in [1.54, 1.807) is 0 Å². The standard InChI is InChI=1S/C17H25N3O3/c1-3-4-6-11-15(19-13(2)21)16(22)20-17(23)18-12-14-9-7-5-8-10-14/h5,7-10,15H,3-4,6,11-12H2,1-2H3,(H,19,21)(H2,18,20,22,23)/t15-/m0/s1. The number of rotatable bonds is 8. The van der Waals surface area contributed by atoms with Crippen molar-refractivity contribution in [3.8, 4) is 0 Å². The molecule has 0 spiro atoms. The van der Waals surface area contributed by atoms with Gasteiger partial charge in [-0.3, -0.25) is 14.9 Å². The Bertz CT molecular complexity index is 517. The molecular formula is C17H25N3O3. The lowest BCUT2D eigenvalue weighted by atomic mass is 10.1. The highest BCUT2D eigenvalue weighted by Crippen LogP contribution is 2.04. The van der Waals surface area contributed by atoms with Crippen molar-refractivity contribution in [1.82, 2.24) is 16.0 Å². The third-order valence-corrected chi connectivity index (χ3v) is 3.32. The fourth-order valence-electron chi connectivity index (χ4n) is 2.13. The maximum atomic E-state index is 12.1. The normalized spacial score (nSPS) is 11.4. The van der Waals surface area contributed by atoms with Crippen molar-refractivity contribution in [2.45, 2.75) is 52.1 Å².